The summed E-state index contributed by atoms with van der Waals surface area (Å²) in [6.45, 7) is 0. The maximum atomic E-state index is 13.4. The second kappa shape index (κ2) is 8.43. The summed E-state index contributed by atoms with van der Waals surface area (Å²) in [5.41, 5.74) is 1.01. The molecule has 1 heterocycles. The average molecular weight is 578 g/mol. The van der Waals surface area contributed by atoms with E-state index in [2.05, 4.69) is 37.2 Å². The Labute approximate surface area is 208 Å². The Kier molecular flexibility index (Phi) is 5.73. The zero-order valence-corrected chi connectivity index (χ0v) is 21.1. The quantitative estimate of drug-likeness (QED) is 0.424. The van der Waals surface area contributed by atoms with Crippen molar-refractivity contribution in [3.05, 3.63) is 48.0 Å². The van der Waals surface area contributed by atoms with Gasteiger partial charge in [0, 0.05) is 15.7 Å². The van der Waals surface area contributed by atoms with E-state index in [1.54, 1.807) is 49.6 Å². The first-order valence-electron chi connectivity index (χ1n) is 10.7. The Morgan fingerprint density at radius 1 is 0.970 bits per heavy atom. The molecule has 1 aliphatic heterocycles. The number of ether oxygens (including phenoxy) is 2. The number of alkyl halides is 2. The third kappa shape index (κ3) is 3.39. The van der Waals surface area contributed by atoms with Gasteiger partial charge in [0.25, 0.3) is 5.91 Å². The van der Waals surface area contributed by atoms with Crippen LogP contribution in [0.5, 0.6) is 11.5 Å². The SMILES string of the molecule is COc1ccc(NC(=O)c2ccccc2N2C(=O)[C@@H]3[C@H]4C[C@@H]([C@H](Br)[C@H]4Br)[C@@H]3C2=O)c(OC)c1. The number of hydrogen-bond acceptors (Lipinski definition) is 5. The standard InChI is InChI=1S/C24H22Br2N2O5/c1-32-11-7-8-15(17(9-11)33-2)27-22(29)12-5-3-4-6-16(12)28-23(30)18-13-10-14(19(18)24(28)31)21(26)20(13)25/h3-9,13-14,18-21H,10H2,1-2H3,(H,27,29)/t13-,14-,18-,19+,20+,21+/m1/s1. The van der Waals surface area contributed by atoms with E-state index >= 15 is 0 Å². The van der Waals surface area contributed by atoms with Crippen LogP contribution in [0.25, 0.3) is 0 Å². The number of imide groups is 1. The topological polar surface area (TPSA) is 84.9 Å². The fraction of sp³-hybridized carbons (Fsp3) is 0.375. The van der Waals surface area contributed by atoms with Gasteiger partial charge in [0.15, 0.2) is 0 Å². The summed E-state index contributed by atoms with van der Waals surface area (Å²) in [5, 5.41) is 2.83. The van der Waals surface area contributed by atoms with E-state index in [1.165, 1.54) is 12.0 Å². The zero-order valence-electron chi connectivity index (χ0n) is 18.0. The van der Waals surface area contributed by atoms with E-state index in [-0.39, 0.29) is 50.7 Å². The zero-order chi connectivity index (χ0) is 23.4. The van der Waals surface area contributed by atoms with Gasteiger partial charge in [-0.2, -0.15) is 0 Å². The molecule has 3 amide bonds. The number of carbonyl (C=O) groups is 3. The minimum Gasteiger partial charge on any atom is -0.497 e. The van der Waals surface area contributed by atoms with Crippen LogP contribution in [0, 0.1) is 23.7 Å². The van der Waals surface area contributed by atoms with Crippen LogP contribution in [0.4, 0.5) is 11.4 Å². The number of nitrogens with one attached hydrogen (secondary N) is 1. The highest BCUT2D eigenvalue weighted by Crippen LogP contribution is 2.60. The Bertz CT molecular complexity index is 1120. The number of methoxy groups -OCH3 is 2. The summed E-state index contributed by atoms with van der Waals surface area (Å²) in [4.78, 5) is 41.7. The molecule has 1 saturated heterocycles. The van der Waals surface area contributed by atoms with Crippen molar-refractivity contribution < 1.29 is 23.9 Å². The van der Waals surface area contributed by atoms with Crippen molar-refractivity contribution in [2.24, 2.45) is 23.7 Å². The summed E-state index contributed by atoms with van der Waals surface area (Å²) in [5.74, 6) is -0.331. The monoisotopic (exact) mass is 576 g/mol. The highest BCUT2D eigenvalue weighted by Gasteiger charge is 2.66. The van der Waals surface area contributed by atoms with E-state index in [0.29, 0.717) is 22.9 Å². The van der Waals surface area contributed by atoms with E-state index in [0.717, 1.165) is 6.42 Å². The van der Waals surface area contributed by atoms with Gasteiger partial charge in [-0.15, -0.1) is 0 Å². The van der Waals surface area contributed by atoms with E-state index in [9.17, 15) is 14.4 Å². The van der Waals surface area contributed by atoms with Gasteiger partial charge in [-0.05, 0) is 42.5 Å². The maximum Gasteiger partial charge on any atom is 0.257 e. The molecule has 2 bridgehead atoms. The van der Waals surface area contributed by atoms with Crippen LogP contribution in [0.1, 0.15) is 16.8 Å². The molecule has 0 aromatic heterocycles. The lowest BCUT2D eigenvalue weighted by Crippen LogP contribution is -2.37. The first-order valence-corrected chi connectivity index (χ1v) is 12.5. The minimum atomic E-state index is -0.438. The summed E-state index contributed by atoms with van der Waals surface area (Å²) in [7, 11) is 3.05. The number of anilines is 2. The lowest BCUT2D eigenvalue weighted by molar-refractivity contribution is -0.123. The fourth-order valence-electron chi connectivity index (χ4n) is 5.54. The van der Waals surface area contributed by atoms with Crippen LogP contribution in [-0.4, -0.2) is 41.6 Å². The number of carbonyl (C=O) groups excluding carboxylic acids is 3. The van der Waals surface area contributed by atoms with Gasteiger partial charge in [-0.1, -0.05) is 44.0 Å². The van der Waals surface area contributed by atoms with Gasteiger partial charge in [-0.25, -0.2) is 4.90 Å². The lowest BCUT2D eigenvalue weighted by atomic mass is 9.81. The number of halogens is 2. The molecule has 0 spiro atoms. The van der Waals surface area contributed by atoms with Crippen molar-refractivity contribution in [3.8, 4) is 11.5 Å². The molecule has 1 N–H and O–H groups in total. The molecule has 0 unspecified atom stereocenters. The highest BCUT2D eigenvalue weighted by atomic mass is 79.9. The predicted octanol–water partition coefficient (Wildman–Crippen LogP) is 4.24. The maximum absolute atomic E-state index is 13.4. The normalized spacial score (nSPS) is 29.9. The van der Waals surface area contributed by atoms with Crippen molar-refractivity contribution in [2.45, 2.75) is 16.1 Å². The van der Waals surface area contributed by atoms with Gasteiger partial charge in [0.05, 0.1) is 43.0 Å². The minimum absolute atomic E-state index is 0.107. The largest absolute Gasteiger partial charge is 0.497 e. The van der Waals surface area contributed by atoms with Crippen LogP contribution >= 0.6 is 31.9 Å². The third-order valence-electron chi connectivity index (χ3n) is 7.03. The summed E-state index contributed by atoms with van der Waals surface area (Å²) >= 11 is 7.41. The summed E-state index contributed by atoms with van der Waals surface area (Å²) < 4.78 is 10.6. The molecule has 2 saturated carbocycles. The van der Waals surface area contributed by atoms with Gasteiger partial charge >= 0.3 is 0 Å². The van der Waals surface area contributed by atoms with E-state index in [4.69, 9.17) is 9.47 Å². The second-order valence-electron chi connectivity index (χ2n) is 8.55. The Balaban J connectivity index is 1.46. The number of nitrogens with zero attached hydrogens (tertiary/aromatic N) is 1. The molecular formula is C24H22Br2N2O5. The number of rotatable bonds is 5. The van der Waals surface area contributed by atoms with Crippen LogP contribution in [0.15, 0.2) is 42.5 Å². The molecule has 33 heavy (non-hydrogen) atoms. The molecule has 172 valence electrons. The van der Waals surface area contributed by atoms with Gasteiger partial charge in [-0.3, -0.25) is 14.4 Å². The molecule has 0 radical (unpaired) electrons. The van der Waals surface area contributed by atoms with Gasteiger partial charge in [0.1, 0.15) is 11.5 Å². The van der Waals surface area contributed by atoms with Crippen LogP contribution in [0.3, 0.4) is 0 Å². The van der Waals surface area contributed by atoms with Crippen molar-refractivity contribution in [1.82, 2.24) is 0 Å². The molecule has 5 rings (SSSR count). The Morgan fingerprint density at radius 2 is 1.61 bits per heavy atom. The van der Waals surface area contributed by atoms with Crippen molar-refractivity contribution in [2.75, 3.05) is 24.4 Å². The molecule has 2 aromatic carbocycles. The number of benzene rings is 2. The van der Waals surface area contributed by atoms with Crippen LogP contribution in [-0.2, 0) is 9.59 Å². The average Bonchev–Trinajstić information content (AvgIpc) is 3.44. The number of fused-ring (bicyclic) bond motifs is 5. The number of para-hydroxylation sites is 1. The Hall–Kier alpha value is -2.39. The van der Waals surface area contributed by atoms with E-state index in [1.807, 2.05) is 0 Å². The van der Waals surface area contributed by atoms with E-state index < -0.39 is 5.91 Å². The number of hydrogen-bond donors (Lipinski definition) is 1. The molecule has 7 nitrogen and oxygen atoms in total. The molecule has 3 aliphatic rings. The summed E-state index contributed by atoms with van der Waals surface area (Å²) in [6.07, 6.45) is 0.853. The molecule has 9 heteroatoms. The van der Waals surface area contributed by atoms with Crippen molar-refractivity contribution in [1.29, 1.82) is 0 Å². The molecular weight excluding hydrogens is 556 g/mol. The predicted molar refractivity (Wildman–Crippen MR) is 130 cm³/mol. The van der Waals surface area contributed by atoms with Gasteiger partial charge in [0.2, 0.25) is 11.8 Å². The molecule has 6 atom stereocenters. The third-order valence-corrected chi connectivity index (χ3v) is 10.2. The summed E-state index contributed by atoms with van der Waals surface area (Å²) in [6, 6.07) is 11.8. The van der Waals surface area contributed by atoms with Crippen molar-refractivity contribution >= 4 is 61.0 Å². The smallest absolute Gasteiger partial charge is 0.257 e. The van der Waals surface area contributed by atoms with Gasteiger partial charge < -0.3 is 14.8 Å². The highest BCUT2D eigenvalue weighted by molar-refractivity contribution is 9.12. The van der Waals surface area contributed by atoms with Crippen molar-refractivity contribution in [3.63, 3.8) is 0 Å². The molecule has 3 fully saturated rings. The first-order chi connectivity index (χ1) is 15.9. The fourth-order valence-corrected chi connectivity index (χ4v) is 7.41. The first kappa shape index (κ1) is 22.4. The molecule has 2 aliphatic carbocycles. The second-order valence-corrected chi connectivity index (χ2v) is 10.7. The number of amides is 3. The van der Waals surface area contributed by atoms with Crippen LogP contribution < -0.4 is 19.7 Å². The molecule has 2 aromatic rings. The lowest BCUT2D eigenvalue weighted by Gasteiger charge is -2.28. The Morgan fingerprint density at radius 3 is 2.21 bits per heavy atom. The van der Waals surface area contributed by atoms with Crippen LogP contribution in [0.2, 0.25) is 0 Å².